The van der Waals surface area contributed by atoms with Crippen LogP contribution in [0.2, 0.25) is 0 Å². The topological polar surface area (TPSA) is 92.8 Å². The van der Waals surface area contributed by atoms with Gasteiger partial charge in [-0.15, -0.1) is 11.3 Å². The lowest BCUT2D eigenvalue weighted by molar-refractivity contribution is -0.136. The van der Waals surface area contributed by atoms with Gasteiger partial charge in [0.15, 0.2) is 28.3 Å². The first-order valence-corrected chi connectivity index (χ1v) is 11.4. The molecule has 1 aromatic heterocycles. The maximum absolute atomic E-state index is 12.0. The Bertz CT molecular complexity index is 950. The monoisotopic (exact) mass is 487 g/mol. The molecule has 0 saturated carbocycles. The number of hydrogen-bond donors (Lipinski definition) is 2. The number of fused-ring (bicyclic) bond motifs is 1. The fourth-order valence-corrected chi connectivity index (χ4v) is 4.05. The third-order valence-electron chi connectivity index (χ3n) is 4.35. The number of halogens is 3. The normalized spacial score (nSPS) is 16.9. The number of esters is 1. The number of nitrogens with one attached hydrogen (secondary N) is 1. The van der Waals surface area contributed by atoms with Crippen molar-refractivity contribution < 1.29 is 22.7 Å². The number of ether oxygens (including phenoxy) is 1. The second-order valence-electron chi connectivity index (χ2n) is 6.18. The van der Waals surface area contributed by atoms with Gasteiger partial charge in [0.25, 0.3) is 0 Å². The number of nitrogens with zero attached hydrogens (tertiary/aromatic N) is 3. The number of aromatic nitrogens is 1. The molecule has 0 bridgehead atoms. The van der Waals surface area contributed by atoms with E-state index < -0.39 is 17.5 Å². The van der Waals surface area contributed by atoms with Crippen molar-refractivity contribution in [3.05, 3.63) is 63.5 Å². The van der Waals surface area contributed by atoms with Crippen molar-refractivity contribution in [3.63, 3.8) is 0 Å². The Hall–Kier alpha value is -2.41. The first kappa shape index (κ1) is 25.8. The van der Waals surface area contributed by atoms with Crippen LogP contribution in [0.3, 0.4) is 0 Å². The lowest BCUT2D eigenvalue weighted by Gasteiger charge is -2.26. The van der Waals surface area contributed by atoms with Crippen LogP contribution in [0.5, 0.6) is 0 Å². The number of carbonyl (C=O) groups is 1. The highest BCUT2D eigenvalue weighted by molar-refractivity contribution is 7.95. The number of methoxy groups -OCH3 is 1. The van der Waals surface area contributed by atoms with Crippen LogP contribution in [-0.2, 0) is 9.53 Å². The highest BCUT2D eigenvalue weighted by atomic mass is 32.2. The molecular weight excluding hydrogens is 463 g/mol. The van der Waals surface area contributed by atoms with E-state index in [1.165, 1.54) is 18.4 Å². The smallest absolute Gasteiger partial charge is 0.337 e. The fourth-order valence-electron chi connectivity index (χ4n) is 3.04. The molecular formula is C20H24F3N5O2S2. The van der Waals surface area contributed by atoms with E-state index >= 15 is 0 Å². The van der Waals surface area contributed by atoms with E-state index in [9.17, 15) is 18.0 Å². The Morgan fingerprint density at radius 1 is 1.31 bits per heavy atom. The number of benzene rings is 1. The Balaban J connectivity index is 0.000000277. The van der Waals surface area contributed by atoms with E-state index in [0.717, 1.165) is 53.3 Å². The second-order valence-corrected chi connectivity index (χ2v) is 7.54. The van der Waals surface area contributed by atoms with Crippen molar-refractivity contribution in [2.45, 2.75) is 26.3 Å². The number of hydrogen-bond acceptors (Lipinski definition) is 9. The Morgan fingerprint density at radius 3 is 2.53 bits per heavy atom. The zero-order valence-corrected chi connectivity index (χ0v) is 19.4. The largest absolute Gasteiger partial charge is 0.466 e. The fraction of sp³-hybridized carbons (Fsp3) is 0.350. The Kier molecular flexibility index (Phi) is 10.2. The molecule has 174 valence electrons. The molecule has 2 aliphatic heterocycles. The molecule has 2 aromatic rings. The van der Waals surface area contributed by atoms with Crippen molar-refractivity contribution in [3.8, 4) is 0 Å². The number of carbonyl (C=O) groups excluding carboxylic acids is 1. The molecule has 1 unspecified atom stereocenters. The lowest BCUT2D eigenvalue weighted by atomic mass is 10.1. The highest BCUT2D eigenvalue weighted by Gasteiger charge is 2.37. The Labute approximate surface area is 192 Å². The zero-order chi connectivity index (χ0) is 23.7. The first-order chi connectivity index (χ1) is 15.5. The van der Waals surface area contributed by atoms with Crippen LogP contribution in [0, 0.1) is 17.5 Å². The van der Waals surface area contributed by atoms with Gasteiger partial charge in [-0.2, -0.15) is 0 Å². The van der Waals surface area contributed by atoms with Crippen LogP contribution in [0.25, 0.3) is 0 Å². The van der Waals surface area contributed by atoms with E-state index in [1.54, 1.807) is 6.20 Å². The van der Waals surface area contributed by atoms with E-state index in [-0.39, 0.29) is 12.0 Å². The Morgan fingerprint density at radius 2 is 2.00 bits per heavy atom. The van der Waals surface area contributed by atoms with Gasteiger partial charge in [0.2, 0.25) is 0 Å². The van der Waals surface area contributed by atoms with Gasteiger partial charge in [0.05, 0.1) is 19.2 Å². The standard InChI is InChI=1S/C12H15N5O2S2.C6H3F3.C2H6/c1-19-12(18)8-5-15-10(11-14-2-3-20-11)17-6-7(16-21-13)4-9(8)17;7-4-2-1-3-5(8)6(4)9;1-2/h2-3,7,16H,4-6,13H2,1H3;1-3H;1-2H3. The van der Waals surface area contributed by atoms with Gasteiger partial charge in [0.1, 0.15) is 0 Å². The number of amidine groups is 1. The van der Waals surface area contributed by atoms with Gasteiger partial charge in [-0.25, -0.2) is 27.7 Å². The van der Waals surface area contributed by atoms with Gasteiger partial charge in [-0.1, -0.05) is 19.9 Å². The average Bonchev–Trinajstić information content (AvgIpc) is 3.48. The average molecular weight is 488 g/mol. The minimum absolute atomic E-state index is 0.165. The van der Waals surface area contributed by atoms with Crippen LogP contribution in [0.15, 0.2) is 46.0 Å². The molecule has 12 heteroatoms. The molecule has 4 rings (SSSR count). The van der Waals surface area contributed by atoms with E-state index in [2.05, 4.69) is 14.7 Å². The number of aliphatic imine (C=N–C) groups is 1. The summed E-state index contributed by atoms with van der Waals surface area (Å²) in [5, 5.41) is 8.26. The number of thiazole rings is 1. The summed E-state index contributed by atoms with van der Waals surface area (Å²) in [5.41, 5.74) is 1.57. The van der Waals surface area contributed by atoms with Gasteiger partial charge >= 0.3 is 5.97 Å². The van der Waals surface area contributed by atoms with Crippen molar-refractivity contribution in [2.24, 2.45) is 10.1 Å². The molecule has 3 N–H and O–H groups in total. The summed E-state index contributed by atoms with van der Waals surface area (Å²) in [7, 11) is 1.39. The molecule has 1 fully saturated rings. The predicted molar refractivity (Wildman–Crippen MR) is 120 cm³/mol. The molecule has 0 amide bonds. The van der Waals surface area contributed by atoms with Gasteiger partial charge in [0, 0.05) is 48.4 Å². The third-order valence-corrected chi connectivity index (χ3v) is 5.59. The summed E-state index contributed by atoms with van der Waals surface area (Å²) in [6.07, 6.45) is 2.47. The maximum atomic E-state index is 12.0. The van der Waals surface area contributed by atoms with Crippen molar-refractivity contribution in [2.75, 3.05) is 20.2 Å². The van der Waals surface area contributed by atoms with Crippen LogP contribution in [0.4, 0.5) is 13.2 Å². The summed E-state index contributed by atoms with van der Waals surface area (Å²) in [6.45, 7) is 5.04. The van der Waals surface area contributed by atoms with Crippen molar-refractivity contribution >= 4 is 35.3 Å². The van der Waals surface area contributed by atoms with Crippen molar-refractivity contribution in [1.82, 2.24) is 14.6 Å². The number of rotatable bonds is 4. The summed E-state index contributed by atoms with van der Waals surface area (Å²) in [5.74, 6) is -3.24. The molecule has 1 atom stereocenters. The van der Waals surface area contributed by atoms with E-state index in [0.29, 0.717) is 18.7 Å². The predicted octanol–water partition coefficient (Wildman–Crippen LogP) is 3.65. The van der Waals surface area contributed by atoms with Gasteiger partial charge in [-0.3, -0.25) is 10.1 Å². The van der Waals surface area contributed by atoms with Crippen LogP contribution < -0.4 is 9.86 Å². The minimum atomic E-state index is -1.42. The molecule has 0 radical (unpaired) electrons. The summed E-state index contributed by atoms with van der Waals surface area (Å²) in [6, 6.07) is 2.99. The van der Waals surface area contributed by atoms with E-state index in [1.807, 2.05) is 24.1 Å². The third kappa shape index (κ3) is 6.09. The first-order valence-electron chi connectivity index (χ1n) is 9.69. The van der Waals surface area contributed by atoms with Crippen LogP contribution in [0.1, 0.15) is 25.3 Å². The van der Waals surface area contributed by atoms with Crippen molar-refractivity contribution in [1.29, 1.82) is 0 Å². The zero-order valence-electron chi connectivity index (χ0n) is 17.8. The summed E-state index contributed by atoms with van der Waals surface area (Å²) in [4.78, 5) is 22.8. The minimum Gasteiger partial charge on any atom is -0.466 e. The second kappa shape index (κ2) is 12.6. The molecule has 32 heavy (non-hydrogen) atoms. The van der Waals surface area contributed by atoms with Gasteiger partial charge < -0.3 is 9.64 Å². The van der Waals surface area contributed by atoms with Crippen LogP contribution >= 0.6 is 23.5 Å². The quantitative estimate of drug-likeness (QED) is 0.386. The summed E-state index contributed by atoms with van der Waals surface area (Å²) < 4.78 is 43.9. The number of nitrogens with two attached hydrogens (primary N) is 1. The SMILES string of the molecule is CC.COC(=O)C1=C2CC(NSN)CN2C(c2nccs2)=NC1.Fc1cccc(F)c1F. The van der Waals surface area contributed by atoms with Crippen LogP contribution in [-0.4, -0.2) is 47.9 Å². The molecule has 1 aromatic carbocycles. The van der Waals surface area contributed by atoms with E-state index in [4.69, 9.17) is 9.88 Å². The van der Waals surface area contributed by atoms with Gasteiger partial charge in [-0.05, 0) is 12.1 Å². The highest BCUT2D eigenvalue weighted by Crippen LogP contribution is 2.31. The molecule has 2 aliphatic rings. The summed E-state index contributed by atoms with van der Waals surface area (Å²) >= 11 is 2.63. The molecule has 1 saturated heterocycles. The molecule has 3 heterocycles. The maximum Gasteiger partial charge on any atom is 0.337 e. The molecule has 7 nitrogen and oxygen atoms in total. The molecule has 0 spiro atoms. The molecule has 0 aliphatic carbocycles. The lowest BCUT2D eigenvalue weighted by Crippen LogP contribution is -2.36.